The highest BCUT2D eigenvalue weighted by atomic mass is 35.5. The summed E-state index contributed by atoms with van der Waals surface area (Å²) < 4.78 is 25.1. The van der Waals surface area contributed by atoms with E-state index in [1.165, 1.54) is 19.2 Å². The van der Waals surface area contributed by atoms with Crippen molar-refractivity contribution in [3.63, 3.8) is 0 Å². The molecule has 0 unspecified atom stereocenters. The number of nitrogens with one attached hydrogen (secondary N) is 1. The van der Waals surface area contributed by atoms with Gasteiger partial charge in [0.15, 0.2) is 11.5 Å². The van der Waals surface area contributed by atoms with Crippen molar-refractivity contribution in [3.8, 4) is 11.5 Å². The van der Waals surface area contributed by atoms with E-state index in [4.69, 9.17) is 37.8 Å². The van der Waals surface area contributed by atoms with Crippen molar-refractivity contribution in [1.29, 1.82) is 0 Å². The molecule has 31 heavy (non-hydrogen) atoms. The molecule has 0 bridgehead atoms. The molecule has 0 aliphatic carbocycles. The molecule has 5 nitrogen and oxygen atoms in total. The predicted molar refractivity (Wildman–Crippen MR) is 118 cm³/mol. The standard InChI is InChI=1S/C23H20Cl2FNO4/c1-30-21-10-15(12-27-11-14-5-7-16(8-6-14)23(28)29)9-19(25)22(21)31-13-17-18(24)3-2-4-20(17)26/h2-10,27H,11-13H2,1H3,(H,28,29). The zero-order valence-electron chi connectivity index (χ0n) is 16.6. The van der Waals surface area contributed by atoms with Gasteiger partial charge >= 0.3 is 5.97 Å². The van der Waals surface area contributed by atoms with E-state index in [1.807, 2.05) is 0 Å². The lowest BCUT2D eigenvalue weighted by Gasteiger charge is -2.15. The summed E-state index contributed by atoms with van der Waals surface area (Å²) in [5, 5.41) is 12.8. The van der Waals surface area contributed by atoms with Crippen LogP contribution in [0.2, 0.25) is 10.0 Å². The highest BCUT2D eigenvalue weighted by Gasteiger charge is 2.15. The van der Waals surface area contributed by atoms with Crippen molar-refractivity contribution >= 4 is 29.2 Å². The van der Waals surface area contributed by atoms with Crippen LogP contribution in [0.25, 0.3) is 0 Å². The van der Waals surface area contributed by atoms with Gasteiger partial charge in [0.25, 0.3) is 0 Å². The van der Waals surface area contributed by atoms with E-state index in [2.05, 4.69) is 5.32 Å². The lowest BCUT2D eigenvalue weighted by atomic mass is 10.1. The molecule has 0 saturated carbocycles. The lowest BCUT2D eigenvalue weighted by molar-refractivity contribution is 0.0697. The fourth-order valence-corrected chi connectivity index (χ4v) is 3.45. The molecule has 0 saturated heterocycles. The van der Waals surface area contributed by atoms with Crippen molar-refractivity contribution < 1.29 is 23.8 Å². The van der Waals surface area contributed by atoms with Crippen molar-refractivity contribution in [2.45, 2.75) is 19.7 Å². The first-order chi connectivity index (χ1) is 14.9. The Balaban J connectivity index is 1.65. The number of carboxylic acid groups (broad SMARTS) is 1. The van der Waals surface area contributed by atoms with Crippen LogP contribution in [0.15, 0.2) is 54.6 Å². The molecule has 0 amide bonds. The van der Waals surface area contributed by atoms with Gasteiger partial charge in [-0.1, -0.05) is 41.4 Å². The average molecular weight is 464 g/mol. The molecule has 162 valence electrons. The Kier molecular flexibility index (Phi) is 7.74. The predicted octanol–water partition coefficient (Wildman–Crippen LogP) is 5.71. The highest BCUT2D eigenvalue weighted by molar-refractivity contribution is 6.32. The van der Waals surface area contributed by atoms with Gasteiger partial charge in [0, 0.05) is 18.7 Å². The molecule has 0 aliphatic rings. The zero-order chi connectivity index (χ0) is 22.4. The van der Waals surface area contributed by atoms with Crippen molar-refractivity contribution in [2.24, 2.45) is 0 Å². The van der Waals surface area contributed by atoms with Crippen LogP contribution in [0.4, 0.5) is 4.39 Å². The van der Waals surface area contributed by atoms with Crippen LogP contribution in [-0.2, 0) is 19.7 Å². The average Bonchev–Trinajstić information content (AvgIpc) is 2.74. The molecule has 3 rings (SSSR count). The number of hydrogen-bond acceptors (Lipinski definition) is 4. The van der Waals surface area contributed by atoms with Gasteiger partial charge in [0.2, 0.25) is 0 Å². The highest BCUT2D eigenvalue weighted by Crippen LogP contribution is 2.37. The summed E-state index contributed by atoms with van der Waals surface area (Å²) in [5.41, 5.74) is 2.29. The number of ether oxygens (including phenoxy) is 2. The van der Waals surface area contributed by atoms with Crippen molar-refractivity contribution in [1.82, 2.24) is 5.32 Å². The zero-order valence-corrected chi connectivity index (χ0v) is 18.1. The number of methoxy groups -OCH3 is 1. The maximum Gasteiger partial charge on any atom is 0.335 e. The van der Waals surface area contributed by atoms with Gasteiger partial charge in [-0.15, -0.1) is 0 Å². The fourth-order valence-electron chi connectivity index (χ4n) is 2.95. The molecule has 3 aromatic rings. The molecular weight excluding hydrogens is 444 g/mol. The smallest absolute Gasteiger partial charge is 0.335 e. The summed E-state index contributed by atoms with van der Waals surface area (Å²) >= 11 is 12.4. The molecule has 0 fully saturated rings. The monoisotopic (exact) mass is 463 g/mol. The Labute approximate surface area is 189 Å². The summed E-state index contributed by atoms with van der Waals surface area (Å²) in [5.74, 6) is -0.695. The second-order valence-electron chi connectivity index (χ2n) is 6.70. The Bertz CT molecular complexity index is 1050. The van der Waals surface area contributed by atoms with Crippen LogP contribution in [-0.4, -0.2) is 18.2 Å². The van der Waals surface area contributed by atoms with Gasteiger partial charge in [0.05, 0.1) is 22.7 Å². The molecule has 0 spiro atoms. The van der Waals surface area contributed by atoms with E-state index in [1.54, 1.807) is 42.5 Å². The van der Waals surface area contributed by atoms with Crippen LogP contribution in [0.1, 0.15) is 27.0 Å². The third-order valence-corrected chi connectivity index (χ3v) is 5.21. The lowest BCUT2D eigenvalue weighted by Crippen LogP contribution is -2.13. The Morgan fingerprint density at radius 2 is 1.74 bits per heavy atom. The number of halogens is 3. The van der Waals surface area contributed by atoms with Crippen LogP contribution in [0, 0.1) is 5.82 Å². The van der Waals surface area contributed by atoms with E-state index >= 15 is 0 Å². The number of hydrogen-bond donors (Lipinski definition) is 2. The molecule has 0 atom stereocenters. The molecule has 0 aliphatic heterocycles. The molecule has 2 N–H and O–H groups in total. The van der Waals surface area contributed by atoms with Crippen molar-refractivity contribution in [3.05, 3.63) is 92.7 Å². The number of benzene rings is 3. The first kappa shape index (κ1) is 22.9. The van der Waals surface area contributed by atoms with Crippen LogP contribution < -0.4 is 14.8 Å². The van der Waals surface area contributed by atoms with E-state index < -0.39 is 11.8 Å². The summed E-state index contributed by atoms with van der Waals surface area (Å²) in [6.45, 7) is 0.950. The van der Waals surface area contributed by atoms with Crippen molar-refractivity contribution in [2.75, 3.05) is 7.11 Å². The van der Waals surface area contributed by atoms with E-state index in [0.717, 1.165) is 11.1 Å². The van der Waals surface area contributed by atoms with Gasteiger partial charge in [-0.2, -0.15) is 0 Å². The topological polar surface area (TPSA) is 67.8 Å². The van der Waals surface area contributed by atoms with Gasteiger partial charge < -0.3 is 19.9 Å². The number of aromatic carboxylic acids is 1. The SMILES string of the molecule is COc1cc(CNCc2ccc(C(=O)O)cc2)cc(Cl)c1OCc1c(F)cccc1Cl. The Morgan fingerprint density at radius 1 is 1.03 bits per heavy atom. The minimum Gasteiger partial charge on any atom is -0.493 e. The summed E-state index contributed by atoms with van der Waals surface area (Å²) in [4.78, 5) is 10.9. The number of carboxylic acids is 1. The number of rotatable bonds is 9. The van der Waals surface area contributed by atoms with Gasteiger partial charge in [0.1, 0.15) is 12.4 Å². The number of carbonyl (C=O) groups is 1. The molecule has 0 radical (unpaired) electrons. The maximum absolute atomic E-state index is 14.0. The van der Waals surface area contributed by atoms with Crippen LogP contribution in [0.5, 0.6) is 11.5 Å². The molecule has 0 aromatic heterocycles. The third-order valence-electron chi connectivity index (χ3n) is 4.57. The summed E-state index contributed by atoms with van der Waals surface area (Å²) in [7, 11) is 1.50. The first-order valence-corrected chi connectivity index (χ1v) is 10.1. The quantitative estimate of drug-likeness (QED) is 0.425. The second kappa shape index (κ2) is 10.5. The van der Waals surface area contributed by atoms with Gasteiger partial charge in [-0.3, -0.25) is 0 Å². The minimum absolute atomic E-state index is 0.0917. The van der Waals surface area contributed by atoms with E-state index in [0.29, 0.717) is 29.6 Å². The van der Waals surface area contributed by atoms with Crippen LogP contribution in [0.3, 0.4) is 0 Å². The molecule has 3 aromatic carbocycles. The molecule has 8 heteroatoms. The summed E-state index contributed by atoms with van der Waals surface area (Å²) in [6, 6.07) is 14.6. The van der Waals surface area contributed by atoms with E-state index in [9.17, 15) is 9.18 Å². The van der Waals surface area contributed by atoms with E-state index in [-0.39, 0.29) is 22.8 Å². The Hall–Kier alpha value is -2.80. The van der Waals surface area contributed by atoms with Gasteiger partial charge in [-0.25, -0.2) is 9.18 Å². The molecule has 0 heterocycles. The van der Waals surface area contributed by atoms with Crippen LogP contribution >= 0.6 is 23.2 Å². The Morgan fingerprint density at radius 3 is 2.39 bits per heavy atom. The second-order valence-corrected chi connectivity index (χ2v) is 7.52. The van der Waals surface area contributed by atoms with Gasteiger partial charge in [-0.05, 0) is 47.5 Å². The first-order valence-electron chi connectivity index (χ1n) is 9.34. The minimum atomic E-state index is -0.958. The normalized spacial score (nSPS) is 10.7. The fraction of sp³-hybridized carbons (Fsp3) is 0.174. The largest absolute Gasteiger partial charge is 0.493 e. The third kappa shape index (κ3) is 5.88. The summed E-state index contributed by atoms with van der Waals surface area (Å²) in [6.07, 6.45) is 0. The molecular formula is C23H20Cl2FNO4. The maximum atomic E-state index is 14.0.